The van der Waals surface area contributed by atoms with Crippen molar-refractivity contribution in [2.75, 3.05) is 26.9 Å². The summed E-state index contributed by atoms with van der Waals surface area (Å²) in [6, 6.07) is 8.40. The molecule has 0 spiro atoms. The highest BCUT2D eigenvalue weighted by Crippen LogP contribution is 2.21. The van der Waals surface area contributed by atoms with Crippen molar-refractivity contribution < 1.29 is 9.84 Å². The van der Waals surface area contributed by atoms with E-state index in [0.717, 1.165) is 32.7 Å². The number of rotatable bonds is 8. The standard InChI is InChI=1S/C15H22N2O2/c1-19-10-7-16-11-13-12-17(8-4-9-18)15-6-3-2-5-14(13)15/h2-3,5-6,12,16,18H,4,7-11H2,1H3. The number of hydrogen-bond acceptors (Lipinski definition) is 3. The van der Waals surface area contributed by atoms with Crippen LogP contribution < -0.4 is 5.32 Å². The van der Waals surface area contributed by atoms with E-state index in [4.69, 9.17) is 9.84 Å². The predicted molar refractivity (Wildman–Crippen MR) is 77.2 cm³/mol. The fourth-order valence-corrected chi connectivity index (χ4v) is 2.29. The minimum atomic E-state index is 0.230. The quantitative estimate of drug-likeness (QED) is 0.713. The lowest BCUT2D eigenvalue weighted by atomic mass is 10.2. The van der Waals surface area contributed by atoms with Gasteiger partial charge in [-0.25, -0.2) is 0 Å². The van der Waals surface area contributed by atoms with E-state index < -0.39 is 0 Å². The first kappa shape index (κ1) is 14.1. The van der Waals surface area contributed by atoms with Gasteiger partial charge in [-0.1, -0.05) is 18.2 Å². The lowest BCUT2D eigenvalue weighted by Gasteiger charge is -2.02. The van der Waals surface area contributed by atoms with Gasteiger partial charge in [0.25, 0.3) is 0 Å². The highest BCUT2D eigenvalue weighted by molar-refractivity contribution is 5.83. The number of nitrogens with zero attached hydrogens (tertiary/aromatic N) is 1. The average molecular weight is 262 g/mol. The number of nitrogens with one attached hydrogen (secondary N) is 1. The molecule has 0 aliphatic heterocycles. The molecule has 0 saturated heterocycles. The summed E-state index contributed by atoms with van der Waals surface area (Å²) >= 11 is 0. The van der Waals surface area contributed by atoms with Crippen LogP contribution in [0.15, 0.2) is 30.5 Å². The second-order valence-corrected chi connectivity index (χ2v) is 4.61. The number of aliphatic hydroxyl groups is 1. The first-order chi connectivity index (χ1) is 9.36. The molecule has 1 aromatic heterocycles. The maximum absolute atomic E-state index is 8.97. The van der Waals surface area contributed by atoms with Crippen LogP contribution in [0.25, 0.3) is 10.9 Å². The van der Waals surface area contributed by atoms with Gasteiger partial charge in [-0.05, 0) is 18.1 Å². The van der Waals surface area contributed by atoms with Gasteiger partial charge in [0.15, 0.2) is 0 Å². The Hall–Kier alpha value is -1.36. The molecule has 0 atom stereocenters. The Bertz CT molecular complexity index is 508. The Kier molecular flexibility index (Phi) is 5.39. The van der Waals surface area contributed by atoms with Crippen molar-refractivity contribution in [3.05, 3.63) is 36.0 Å². The number of aryl methyl sites for hydroxylation is 1. The Morgan fingerprint density at radius 1 is 1.32 bits per heavy atom. The minimum Gasteiger partial charge on any atom is -0.396 e. The number of methoxy groups -OCH3 is 1. The number of aromatic nitrogens is 1. The highest BCUT2D eigenvalue weighted by Gasteiger charge is 2.07. The molecule has 0 aliphatic rings. The molecule has 2 N–H and O–H groups in total. The zero-order chi connectivity index (χ0) is 13.5. The van der Waals surface area contributed by atoms with Crippen molar-refractivity contribution in [3.63, 3.8) is 0 Å². The number of para-hydroxylation sites is 1. The predicted octanol–water partition coefficient (Wildman–Crippen LogP) is 1.76. The monoisotopic (exact) mass is 262 g/mol. The zero-order valence-electron chi connectivity index (χ0n) is 11.4. The third-order valence-electron chi connectivity index (χ3n) is 3.23. The number of fused-ring (bicyclic) bond motifs is 1. The van der Waals surface area contributed by atoms with Gasteiger partial charge < -0.3 is 19.7 Å². The maximum Gasteiger partial charge on any atom is 0.0587 e. The SMILES string of the molecule is COCCNCc1cn(CCCO)c2ccccc12. The first-order valence-corrected chi connectivity index (χ1v) is 6.74. The molecule has 4 heteroatoms. The third-order valence-corrected chi connectivity index (χ3v) is 3.23. The van der Waals surface area contributed by atoms with Crippen LogP contribution in [0.1, 0.15) is 12.0 Å². The van der Waals surface area contributed by atoms with E-state index >= 15 is 0 Å². The van der Waals surface area contributed by atoms with Gasteiger partial charge in [-0.2, -0.15) is 0 Å². The number of hydrogen-bond donors (Lipinski definition) is 2. The van der Waals surface area contributed by atoms with Gasteiger partial charge in [0.2, 0.25) is 0 Å². The Labute approximate surface area is 114 Å². The summed E-state index contributed by atoms with van der Waals surface area (Å²) in [4.78, 5) is 0. The van der Waals surface area contributed by atoms with Crippen LogP contribution >= 0.6 is 0 Å². The smallest absolute Gasteiger partial charge is 0.0587 e. The van der Waals surface area contributed by atoms with Gasteiger partial charge in [-0.3, -0.25) is 0 Å². The lowest BCUT2D eigenvalue weighted by Crippen LogP contribution is -2.18. The van der Waals surface area contributed by atoms with E-state index in [1.165, 1.54) is 16.5 Å². The molecule has 1 heterocycles. The fraction of sp³-hybridized carbons (Fsp3) is 0.467. The van der Waals surface area contributed by atoms with Gasteiger partial charge in [0, 0.05) is 50.5 Å². The summed E-state index contributed by atoms with van der Waals surface area (Å²) < 4.78 is 7.25. The van der Waals surface area contributed by atoms with E-state index in [2.05, 4.69) is 40.3 Å². The van der Waals surface area contributed by atoms with E-state index in [1.54, 1.807) is 7.11 Å². The molecule has 19 heavy (non-hydrogen) atoms. The molecule has 0 saturated carbocycles. The van der Waals surface area contributed by atoms with Crippen LogP contribution in [0.4, 0.5) is 0 Å². The molecule has 0 radical (unpaired) electrons. The van der Waals surface area contributed by atoms with Gasteiger partial charge in [0.05, 0.1) is 6.61 Å². The van der Waals surface area contributed by atoms with E-state index in [1.807, 2.05) is 0 Å². The molecule has 4 nitrogen and oxygen atoms in total. The molecule has 2 aromatic rings. The minimum absolute atomic E-state index is 0.230. The second-order valence-electron chi connectivity index (χ2n) is 4.61. The molecule has 0 aliphatic carbocycles. The van der Waals surface area contributed by atoms with Gasteiger partial charge in [0.1, 0.15) is 0 Å². The molecule has 104 valence electrons. The Morgan fingerprint density at radius 2 is 2.16 bits per heavy atom. The van der Waals surface area contributed by atoms with E-state index in [9.17, 15) is 0 Å². The van der Waals surface area contributed by atoms with Crippen LogP contribution in [-0.4, -0.2) is 36.5 Å². The van der Waals surface area contributed by atoms with Crippen molar-refractivity contribution in [1.82, 2.24) is 9.88 Å². The molecule has 2 rings (SSSR count). The van der Waals surface area contributed by atoms with Crippen molar-refractivity contribution in [1.29, 1.82) is 0 Å². The van der Waals surface area contributed by atoms with Crippen molar-refractivity contribution >= 4 is 10.9 Å². The molecule has 1 aromatic carbocycles. The van der Waals surface area contributed by atoms with Crippen LogP contribution in [0.2, 0.25) is 0 Å². The summed E-state index contributed by atoms with van der Waals surface area (Å²) in [7, 11) is 1.71. The third kappa shape index (κ3) is 3.56. The maximum atomic E-state index is 8.97. The summed E-state index contributed by atoms with van der Waals surface area (Å²) in [6.45, 7) is 3.51. The molecule has 0 unspecified atom stereocenters. The zero-order valence-corrected chi connectivity index (χ0v) is 11.4. The summed E-state index contributed by atoms with van der Waals surface area (Å²) in [5.74, 6) is 0. The summed E-state index contributed by atoms with van der Waals surface area (Å²) in [6.07, 6.45) is 2.97. The fourth-order valence-electron chi connectivity index (χ4n) is 2.29. The molecular formula is C15H22N2O2. The largest absolute Gasteiger partial charge is 0.396 e. The second kappa shape index (κ2) is 7.28. The van der Waals surface area contributed by atoms with E-state index in [0.29, 0.717) is 0 Å². The summed E-state index contributed by atoms with van der Waals surface area (Å²) in [5, 5.41) is 13.6. The molecule has 0 bridgehead atoms. The highest BCUT2D eigenvalue weighted by atomic mass is 16.5. The first-order valence-electron chi connectivity index (χ1n) is 6.74. The van der Waals surface area contributed by atoms with Crippen LogP contribution in [0, 0.1) is 0 Å². The Balaban J connectivity index is 2.13. The van der Waals surface area contributed by atoms with Gasteiger partial charge >= 0.3 is 0 Å². The van der Waals surface area contributed by atoms with Crippen LogP contribution in [0.3, 0.4) is 0 Å². The van der Waals surface area contributed by atoms with Crippen LogP contribution in [0.5, 0.6) is 0 Å². The van der Waals surface area contributed by atoms with Crippen molar-refractivity contribution in [3.8, 4) is 0 Å². The van der Waals surface area contributed by atoms with Gasteiger partial charge in [-0.15, -0.1) is 0 Å². The van der Waals surface area contributed by atoms with E-state index in [-0.39, 0.29) is 6.61 Å². The lowest BCUT2D eigenvalue weighted by molar-refractivity contribution is 0.199. The average Bonchev–Trinajstić information content (AvgIpc) is 2.80. The normalized spacial score (nSPS) is 11.3. The molecular weight excluding hydrogens is 240 g/mol. The van der Waals surface area contributed by atoms with Crippen molar-refractivity contribution in [2.45, 2.75) is 19.5 Å². The number of ether oxygens (including phenoxy) is 1. The Morgan fingerprint density at radius 3 is 2.95 bits per heavy atom. The number of benzene rings is 1. The van der Waals surface area contributed by atoms with Crippen molar-refractivity contribution in [2.24, 2.45) is 0 Å². The van der Waals surface area contributed by atoms with Crippen LogP contribution in [-0.2, 0) is 17.8 Å². The molecule has 0 fully saturated rings. The summed E-state index contributed by atoms with van der Waals surface area (Å²) in [5.41, 5.74) is 2.53. The molecule has 0 amide bonds. The topological polar surface area (TPSA) is 46.4 Å². The number of aliphatic hydroxyl groups excluding tert-OH is 1.